The fraction of sp³-hybridized carbons (Fsp3) is 0.739. The van der Waals surface area contributed by atoms with Gasteiger partial charge >= 0.3 is 5.97 Å². The number of carboxylic acids is 1. The molecular weight excluding hydrogens is 354 g/mol. The first-order valence-corrected chi connectivity index (χ1v) is 10.8. The maximum absolute atomic E-state index is 12.0. The van der Waals surface area contributed by atoms with E-state index >= 15 is 0 Å². The number of hydrogen-bond acceptors (Lipinski definition) is 4. The van der Waals surface area contributed by atoms with Crippen LogP contribution in [0.5, 0.6) is 0 Å². The van der Waals surface area contributed by atoms with Crippen LogP contribution in [-0.2, 0) is 14.3 Å². The number of carbonyl (C=O) groups is 2. The standard InChI is InChI=1S/C23H41NO4/c1-5-6-7-8-9-10-11-12-13-14-15-16-17-18-23(27)28-21(19-22(25)26)20-24(2,3)4/h9-12,21H,5-8,13-20H2,1-4H3/b10-9+,12-11+. The Bertz CT molecular complexity index is 477. The summed E-state index contributed by atoms with van der Waals surface area (Å²) in [6.07, 6.45) is 18.1. The molecule has 0 saturated heterocycles. The van der Waals surface area contributed by atoms with E-state index in [0.717, 1.165) is 38.5 Å². The molecule has 0 aliphatic rings. The number of nitrogens with zero attached hydrogens (tertiary/aromatic N) is 1. The molecule has 0 spiro atoms. The Kier molecular flexibility index (Phi) is 15.4. The van der Waals surface area contributed by atoms with Crippen molar-refractivity contribution in [1.82, 2.24) is 0 Å². The van der Waals surface area contributed by atoms with Crippen LogP contribution in [0, 0.1) is 0 Å². The molecule has 0 aromatic heterocycles. The zero-order chi connectivity index (χ0) is 21.3. The second-order valence-corrected chi connectivity index (χ2v) is 8.47. The van der Waals surface area contributed by atoms with E-state index in [2.05, 4.69) is 31.2 Å². The van der Waals surface area contributed by atoms with E-state index < -0.39 is 12.1 Å². The van der Waals surface area contributed by atoms with Crippen molar-refractivity contribution in [3.8, 4) is 0 Å². The van der Waals surface area contributed by atoms with Gasteiger partial charge in [-0.2, -0.15) is 0 Å². The molecule has 0 fully saturated rings. The zero-order valence-corrected chi connectivity index (χ0v) is 18.5. The highest BCUT2D eigenvalue weighted by atomic mass is 16.5. The normalized spacial score (nSPS) is 13.3. The average molecular weight is 396 g/mol. The lowest BCUT2D eigenvalue weighted by Gasteiger charge is -2.29. The van der Waals surface area contributed by atoms with Crippen LogP contribution < -0.4 is 5.11 Å². The summed E-state index contributed by atoms with van der Waals surface area (Å²) in [5.74, 6) is -1.50. The highest BCUT2D eigenvalue weighted by Crippen LogP contribution is 2.10. The monoisotopic (exact) mass is 395 g/mol. The molecule has 0 aromatic rings. The van der Waals surface area contributed by atoms with Crippen LogP contribution in [0.1, 0.15) is 77.6 Å². The first-order valence-electron chi connectivity index (χ1n) is 10.8. The van der Waals surface area contributed by atoms with E-state index in [1.807, 2.05) is 21.1 Å². The lowest BCUT2D eigenvalue weighted by Crippen LogP contribution is -2.45. The highest BCUT2D eigenvalue weighted by Gasteiger charge is 2.22. The maximum atomic E-state index is 12.0. The molecule has 1 unspecified atom stereocenters. The van der Waals surface area contributed by atoms with E-state index in [9.17, 15) is 14.7 Å². The van der Waals surface area contributed by atoms with E-state index in [0.29, 0.717) is 17.4 Å². The van der Waals surface area contributed by atoms with Crippen LogP contribution in [0.25, 0.3) is 0 Å². The Hall–Kier alpha value is -1.62. The molecule has 0 radical (unpaired) electrons. The minimum absolute atomic E-state index is 0.249. The fourth-order valence-electron chi connectivity index (χ4n) is 2.93. The van der Waals surface area contributed by atoms with Crippen LogP contribution in [0.15, 0.2) is 24.3 Å². The molecule has 0 rings (SSSR count). The van der Waals surface area contributed by atoms with Gasteiger partial charge in [0.25, 0.3) is 0 Å². The van der Waals surface area contributed by atoms with Gasteiger partial charge in [0.1, 0.15) is 6.54 Å². The topological polar surface area (TPSA) is 66.4 Å². The second kappa shape index (κ2) is 16.3. The smallest absolute Gasteiger partial charge is 0.306 e. The third-order valence-electron chi connectivity index (χ3n) is 4.30. The molecule has 0 aliphatic heterocycles. The summed E-state index contributed by atoms with van der Waals surface area (Å²) in [5, 5.41) is 10.8. The predicted molar refractivity (Wildman–Crippen MR) is 113 cm³/mol. The molecule has 5 heteroatoms. The number of quaternary nitrogens is 1. The number of carboxylic acid groups (broad SMARTS) is 1. The zero-order valence-electron chi connectivity index (χ0n) is 18.5. The molecule has 162 valence electrons. The lowest BCUT2D eigenvalue weighted by molar-refractivity contribution is -0.873. The molecule has 0 bridgehead atoms. The first kappa shape index (κ1) is 26.4. The average Bonchev–Trinajstić information content (AvgIpc) is 2.56. The van der Waals surface area contributed by atoms with Gasteiger partial charge in [0, 0.05) is 18.8 Å². The minimum atomic E-state index is -1.19. The number of hydrogen-bond donors (Lipinski definition) is 0. The van der Waals surface area contributed by atoms with Crippen LogP contribution in [0.4, 0.5) is 0 Å². The van der Waals surface area contributed by atoms with Crippen LogP contribution in [0.3, 0.4) is 0 Å². The molecule has 28 heavy (non-hydrogen) atoms. The molecule has 0 heterocycles. The largest absolute Gasteiger partial charge is 0.550 e. The molecule has 0 N–H and O–H groups in total. The number of aliphatic carboxylic acids is 1. The van der Waals surface area contributed by atoms with Crippen molar-refractivity contribution < 1.29 is 23.9 Å². The second-order valence-electron chi connectivity index (χ2n) is 8.47. The van der Waals surface area contributed by atoms with Gasteiger partial charge in [-0.1, -0.05) is 56.9 Å². The third-order valence-corrected chi connectivity index (χ3v) is 4.30. The minimum Gasteiger partial charge on any atom is -0.550 e. The van der Waals surface area contributed by atoms with Gasteiger partial charge in [-0.3, -0.25) is 4.79 Å². The number of esters is 1. The Balaban J connectivity index is 3.80. The quantitative estimate of drug-likeness (QED) is 0.163. The van der Waals surface area contributed by atoms with E-state index in [1.54, 1.807) is 0 Å². The summed E-state index contributed by atoms with van der Waals surface area (Å²) in [5.41, 5.74) is 0. The van der Waals surface area contributed by atoms with Gasteiger partial charge in [-0.05, 0) is 32.1 Å². The first-order chi connectivity index (χ1) is 13.2. The van der Waals surface area contributed by atoms with Crippen molar-refractivity contribution in [2.24, 2.45) is 0 Å². The van der Waals surface area contributed by atoms with E-state index in [1.165, 1.54) is 19.3 Å². The van der Waals surface area contributed by atoms with Gasteiger partial charge in [-0.25, -0.2) is 0 Å². The molecule has 5 nitrogen and oxygen atoms in total. The predicted octanol–water partition coefficient (Wildman–Crippen LogP) is 3.78. The molecule has 0 saturated carbocycles. The summed E-state index contributed by atoms with van der Waals surface area (Å²) in [7, 11) is 5.81. The Labute approximate surface area is 172 Å². The lowest BCUT2D eigenvalue weighted by atomic mass is 10.1. The number of unbranched alkanes of at least 4 members (excludes halogenated alkanes) is 7. The van der Waals surface area contributed by atoms with Crippen molar-refractivity contribution in [2.75, 3.05) is 27.7 Å². The number of likely N-dealkylation sites (N-methyl/N-ethyl adjacent to an activating group) is 1. The van der Waals surface area contributed by atoms with Crippen LogP contribution >= 0.6 is 0 Å². The number of rotatable bonds is 17. The van der Waals surface area contributed by atoms with Crippen LogP contribution in [-0.4, -0.2) is 50.2 Å². The van der Waals surface area contributed by atoms with Crippen molar-refractivity contribution in [3.63, 3.8) is 0 Å². The molecule has 0 aliphatic carbocycles. The summed E-state index contributed by atoms with van der Waals surface area (Å²) < 4.78 is 5.88. The van der Waals surface area contributed by atoms with E-state index in [4.69, 9.17) is 4.74 Å². The van der Waals surface area contributed by atoms with E-state index in [-0.39, 0.29) is 12.4 Å². The van der Waals surface area contributed by atoms with Gasteiger partial charge < -0.3 is 19.1 Å². The SMILES string of the molecule is CCCCC/C=C/C=C/CCCCCCC(=O)OC(CC(=O)[O-])C[N+](C)(C)C. The number of carbonyl (C=O) groups excluding carboxylic acids is 2. The Morgan fingerprint density at radius 3 is 2.04 bits per heavy atom. The van der Waals surface area contributed by atoms with Gasteiger partial charge in [-0.15, -0.1) is 0 Å². The van der Waals surface area contributed by atoms with Crippen molar-refractivity contribution in [1.29, 1.82) is 0 Å². The Morgan fingerprint density at radius 2 is 1.50 bits per heavy atom. The number of ether oxygens (including phenoxy) is 1. The third kappa shape index (κ3) is 19.2. The van der Waals surface area contributed by atoms with Gasteiger partial charge in [0.05, 0.1) is 21.1 Å². The van der Waals surface area contributed by atoms with Crippen molar-refractivity contribution >= 4 is 11.9 Å². The molecule has 0 amide bonds. The summed E-state index contributed by atoms with van der Waals surface area (Å²) in [4.78, 5) is 22.8. The van der Waals surface area contributed by atoms with Gasteiger partial charge in [0.2, 0.25) is 0 Å². The summed E-state index contributed by atoms with van der Waals surface area (Å²) in [6.45, 7) is 2.67. The molecule has 1 atom stereocenters. The fourth-order valence-corrected chi connectivity index (χ4v) is 2.93. The maximum Gasteiger partial charge on any atom is 0.306 e. The molecular formula is C23H41NO4. The molecule has 0 aromatic carbocycles. The highest BCUT2D eigenvalue weighted by molar-refractivity contribution is 5.70. The van der Waals surface area contributed by atoms with Crippen LogP contribution in [0.2, 0.25) is 0 Å². The summed E-state index contributed by atoms with van der Waals surface area (Å²) >= 11 is 0. The van der Waals surface area contributed by atoms with Crippen molar-refractivity contribution in [2.45, 2.75) is 83.7 Å². The Morgan fingerprint density at radius 1 is 0.929 bits per heavy atom. The van der Waals surface area contributed by atoms with Gasteiger partial charge in [0.15, 0.2) is 6.10 Å². The number of allylic oxidation sites excluding steroid dienone is 4. The van der Waals surface area contributed by atoms with Crippen molar-refractivity contribution in [3.05, 3.63) is 24.3 Å². The summed E-state index contributed by atoms with van der Waals surface area (Å²) in [6, 6.07) is 0.